The van der Waals surface area contributed by atoms with E-state index in [2.05, 4.69) is 44.3 Å². The van der Waals surface area contributed by atoms with Crippen molar-refractivity contribution in [3.05, 3.63) is 53.7 Å². The molecule has 35 heavy (non-hydrogen) atoms. The van der Waals surface area contributed by atoms with E-state index in [9.17, 15) is 9.59 Å². The first-order chi connectivity index (χ1) is 16.8. The molecular weight excluding hydrogens is 440 g/mol. The van der Waals surface area contributed by atoms with Gasteiger partial charge < -0.3 is 25.1 Å². The maximum atomic E-state index is 12.7. The first-order valence-corrected chi connectivity index (χ1v) is 11.9. The third-order valence-electron chi connectivity index (χ3n) is 6.58. The van der Waals surface area contributed by atoms with Gasteiger partial charge >= 0.3 is 0 Å². The molecule has 1 saturated heterocycles. The van der Waals surface area contributed by atoms with Gasteiger partial charge in [-0.25, -0.2) is 4.98 Å². The van der Waals surface area contributed by atoms with E-state index in [-0.39, 0.29) is 11.7 Å². The van der Waals surface area contributed by atoms with Crippen molar-refractivity contribution in [1.82, 2.24) is 19.9 Å². The predicted octanol–water partition coefficient (Wildman–Crippen LogP) is 4.45. The number of piperazine rings is 1. The van der Waals surface area contributed by atoms with Crippen LogP contribution >= 0.6 is 0 Å². The normalized spacial score (nSPS) is 14.5. The van der Waals surface area contributed by atoms with Gasteiger partial charge in [0.25, 0.3) is 0 Å². The predicted molar refractivity (Wildman–Crippen MR) is 140 cm³/mol. The molecule has 1 aliphatic heterocycles. The fraction of sp³-hybridized carbons (Fsp3) is 0.296. The molecule has 0 spiro atoms. The summed E-state index contributed by atoms with van der Waals surface area (Å²) in [5.74, 6) is 0.498. The second-order valence-corrected chi connectivity index (χ2v) is 9.27. The highest BCUT2D eigenvalue weighted by molar-refractivity contribution is 6.06. The Balaban J connectivity index is 1.59. The molecule has 1 aliphatic rings. The number of imidazole rings is 1. The summed E-state index contributed by atoms with van der Waals surface area (Å²) in [7, 11) is 2.15. The van der Waals surface area contributed by atoms with Crippen LogP contribution in [0, 0.1) is 6.92 Å². The molecule has 0 atom stereocenters. The molecule has 1 fully saturated rings. The van der Waals surface area contributed by atoms with E-state index < -0.39 is 0 Å². The van der Waals surface area contributed by atoms with Crippen LogP contribution in [0.5, 0.6) is 0 Å². The number of nitrogens with zero attached hydrogens (tertiary/aromatic N) is 3. The number of rotatable bonds is 5. The minimum Gasteiger partial charge on any atom is -0.369 e. The molecule has 8 heteroatoms. The molecule has 2 aromatic carbocycles. The zero-order valence-corrected chi connectivity index (χ0v) is 20.5. The number of amides is 1. The number of ketones is 1. The number of aromatic amines is 2. The van der Waals surface area contributed by atoms with E-state index in [0.29, 0.717) is 17.1 Å². The van der Waals surface area contributed by atoms with Crippen molar-refractivity contribution in [1.29, 1.82) is 0 Å². The van der Waals surface area contributed by atoms with Crippen molar-refractivity contribution in [3.63, 3.8) is 0 Å². The first kappa shape index (κ1) is 22.9. The third-order valence-corrected chi connectivity index (χ3v) is 6.58. The number of benzene rings is 2. The van der Waals surface area contributed by atoms with Gasteiger partial charge in [-0.05, 0) is 56.8 Å². The van der Waals surface area contributed by atoms with Gasteiger partial charge in [0, 0.05) is 61.3 Å². The number of carbonyl (C=O) groups excluding carboxylic acids is 2. The number of aryl methyl sites for hydroxylation is 1. The molecular formula is C27H30N6O2. The molecule has 3 heterocycles. The topological polar surface area (TPSA) is 97.1 Å². The highest BCUT2D eigenvalue weighted by atomic mass is 16.1. The van der Waals surface area contributed by atoms with Crippen molar-refractivity contribution < 1.29 is 9.59 Å². The van der Waals surface area contributed by atoms with Gasteiger partial charge in [0.05, 0.1) is 16.7 Å². The number of nitrogens with one attached hydrogen (secondary N) is 3. The zero-order valence-electron chi connectivity index (χ0n) is 20.5. The van der Waals surface area contributed by atoms with Crippen molar-refractivity contribution >= 4 is 34.1 Å². The Kier molecular flexibility index (Phi) is 5.90. The fourth-order valence-corrected chi connectivity index (χ4v) is 4.86. The van der Waals surface area contributed by atoms with E-state index in [1.165, 1.54) is 12.6 Å². The molecule has 0 saturated carbocycles. The van der Waals surface area contributed by atoms with E-state index >= 15 is 0 Å². The Hall–Kier alpha value is -3.91. The SMILES string of the molecule is CC(=O)Nc1cccc(-c2c(-c3nc4ccc(N5CCN(C)CC5)cc4[nH]3)[nH]c(C)c2C(C)=O)c1. The molecule has 0 bridgehead atoms. The lowest BCUT2D eigenvalue weighted by molar-refractivity contribution is -0.114. The van der Waals surface area contributed by atoms with Crippen molar-refractivity contribution in [2.45, 2.75) is 20.8 Å². The number of Topliss-reactive ketones (excluding diaryl/α,β-unsaturated/α-hetero) is 1. The summed E-state index contributed by atoms with van der Waals surface area (Å²) in [5, 5.41) is 2.83. The minimum atomic E-state index is -0.146. The molecule has 5 rings (SSSR count). The Bertz CT molecular complexity index is 1420. The largest absolute Gasteiger partial charge is 0.369 e. The van der Waals surface area contributed by atoms with E-state index in [1.807, 2.05) is 37.3 Å². The number of fused-ring (bicyclic) bond motifs is 1. The van der Waals surface area contributed by atoms with Gasteiger partial charge in [0.15, 0.2) is 11.6 Å². The van der Waals surface area contributed by atoms with Crippen LogP contribution in [0.25, 0.3) is 33.7 Å². The Morgan fingerprint density at radius 3 is 2.49 bits per heavy atom. The van der Waals surface area contributed by atoms with Gasteiger partial charge in [0.1, 0.15) is 0 Å². The first-order valence-electron chi connectivity index (χ1n) is 11.9. The van der Waals surface area contributed by atoms with Gasteiger partial charge in [-0.15, -0.1) is 0 Å². The van der Waals surface area contributed by atoms with Crippen LogP contribution in [0.3, 0.4) is 0 Å². The summed E-state index contributed by atoms with van der Waals surface area (Å²) >= 11 is 0. The molecule has 4 aromatic rings. The summed E-state index contributed by atoms with van der Waals surface area (Å²) < 4.78 is 0. The monoisotopic (exact) mass is 470 g/mol. The Labute approximate surface area is 204 Å². The average molecular weight is 471 g/mol. The lowest BCUT2D eigenvalue weighted by atomic mass is 9.97. The standard InChI is InChI=1S/C27H30N6O2/c1-16-24(17(2)34)25(19-6-5-7-20(14-19)29-18(3)35)26(28-16)27-30-22-9-8-21(15-23(22)31-27)33-12-10-32(4)11-13-33/h5-9,14-15,28H,10-13H2,1-4H3,(H,29,35)(H,30,31). The van der Waals surface area contributed by atoms with Crippen LogP contribution in [0.2, 0.25) is 0 Å². The van der Waals surface area contributed by atoms with E-state index in [0.717, 1.165) is 59.7 Å². The van der Waals surface area contributed by atoms with Gasteiger partial charge in [-0.3, -0.25) is 9.59 Å². The second kappa shape index (κ2) is 9.03. The number of hydrogen-bond donors (Lipinski definition) is 3. The molecule has 8 nitrogen and oxygen atoms in total. The van der Waals surface area contributed by atoms with Gasteiger partial charge in [-0.1, -0.05) is 12.1 Å². The average Bonchev–Trinajstić information content (AvgIpc) is 3.39. The number of aromatic nitrogens is 3. The van der Waals surface area contributed by atoms with Gasteiger partial charge in [-0.2, -0.15) is 0 Å². The zero-order chi connectivity index (χ0) is 24.7. The highest BCUT2D eigenvalue weighted by Crippen LogP contribution is 2.38. The van der Waals surface area contributed by atoms with E-state index in [1.54, 1.807) is 6.92 Å². The maximum absolute atomic E-state index is 12.7. The molecule has 180 valence electrons. The summed E-state index contributed by atoms with van der Waals surface area (Å²) in [6, 6.07) is 13.8. The molecule has 3 N–H and O–H groups in total. The van der Waals surface area contributed by atoms with Crippen LogP contribution in [0.4, 0.5) is 11.4 Å². The highest BCUT2D eigenvalue weighted by Gasteiger charge is 2.23. The van der Waals surface area contributed by atoms with Crippen LogP contribution in [-0.4, -0.2) is 64.8 Å². The smallest absolute Gasteiger partial charge is 0.221 e. The lowest BCUT2D eigenvalue weighted by Crippen LogP contribution is -2.44. The fourth-order valence-electron chi connectivity index (χ4n) is 4.86. The van der Waals surface area contributed by atoms with Crippen LogP contribution in [-0.2, 0) is 4.79 Å². The number of carbonyl (C=O) groups is 2. The maximum Gasteiger partial charge on any atom is 0.221 e. The number of likely N-dealkylation sites (N-methyl/N-ethyl adjacent to an activating group) is 1. The molecule has 0 radical (unpaired) electrons. The van der Waals surface area contributed by atoms with Crippen molar-refractivity contribution in [2.24, 2.45) is 0 Å². The molecule has 1 amide bonds. The summed E-state index contributed by atoms with van der Waals surface area (Å²) in [6.45, 7) is 9.03. The molecule has 2 aromatic heterocycles. The quantitative estimate of drug-likeness (QED) is 0.375. The van der Waals surface area contributed by atoms with Crippen LogP contribution < -0.4 is 10.2 Å². The molecule has 0 aliphatic carbocycles. The lowest BCUT2D eigenvalue weighted by Gasteiger charge is -2.34. The van der Waals surface area contributed by atoms with E-state index in [4.69, 9.17) is 4.98 Å². The summed E-state index contributed by atoms with van der Waals surface area (Å²) in [4.78, 5) is 40.7. The molecule has 0 unspecified atom stereocenters. The summed E-state index contributed by atoms with van der Waals surface area (Å²) in [6.07, 6.45) is 0. The number of H-pyrrole nitrogens is 2. The summed E-state index contributed by atoms with van der Waals surface area (Å²) in [5.41, 5.74) is 7.44. The van der Waals surface area contributed by atoms with Crippen LogP contribution in [0.1, 0.15) is 29.9 Å². The number of hydrogen-bond acceptors (Lipinski definition) is 5. The second-order valence-electron chi connectivity index (χ2n) is 9.27. The van der Waals surface area contributed by atoms with Crippen LogP contribution in [0.15, 0.2) is 42.5 Å². The number of anilines is 2. The van der Waals surface area contributed by atoms with Crippen molar-refractivity contribution in [2.75, 3.05) is 43.4 Å². The minimum absolute atomic E-state index is 0.0293. The Morgan fingerprint density at radius 2 is 1.77 bits per heavy atom. The van der Waals surface area contributed by atoms with Gasteiger partial charge in [0.2, 0.25) is 5.91 Å². The van der Waals surface area contributed by atoms with Crippen molar-refractivity contribution in [3.8, 4) is 22.6 Å². The third kappa shape index (κ3) is 4.44. The Morgan fingerprint density at radius 1 is 1.00 bits per heavy atom.